The van der Waals surface area contributed by atoms with Crippen molar-refractivity contribution in [3.05, 3.63) is 71.9 Å². The zero-order chi connectivity index (χ0) is 44.6. The molecule has 0 unspecified atom stereocenters. The van der Waals surface area contributed by atoms with Crippen LogP contribution in [0.1, 0.15) is 50.7 Å². The fourth-order valence-electron chi connectivity index (χ4n) is 6.12. The van der Waals surface area contributed by atoms with Crippen molar-refractivity contribution in [2.24, 2.45) is 27.9 Å². The zero-order valence-corrected chi connectivity index (χ0v) is 35.1. The number of nitrogens with zero attached hydrogens (tertiary/aromatic N) is 1. The number of aromatic nitrogens is 1. The smallest absolute Gasteiger partial charge is 0.327 e. The van der Waals surface area contributed by atoms with Crippen LogP contribution in [0.15, 0.2) is 65.8 Å². The Kier molecular flexibility index (Phi) is 18.7. The number of carbonyl (C=O) groups is 7. The summed E-state index contributed by atoms with van der Waals surface area (Å²) in [6.45, 7) is 3.09. The Morgan fingerprint density at radius 3 is 1.90 bits per heavy atom. The standard InChI is InChI=1S/C39H55N11O8S2/c1-39(2,60)31(37(57)58)50-36(56)28(18-22-20-45-25-12-7-6-11-23(22)25)49-33(53)26(13-8-15-44-38(42)43)46-34(54)27(17-21-9-4-3-5-10-21)48-35(55)29(19-30(41)51)47-32(52)24(40)14-16-59/h3-7,9-12,20,24,26-29,31,45,59-60H,8,13-19,40H2,1-2H3,(H2,41,51)(H,46,54)(H,47,52)(H,48,55)(H,49,53)(H,50,56)(H,57,58)(H4,42,43,44)/t24-,26-,27+,28-,29-,31+/m0/s1. The number of carbonyl (C=O) groups excluding carboxylic acids is 6. The number of amides is 6. The quantitative estimate of drug-likeness (QED) is 0.0218. The van der Waals surface area contributed by atoms with Crippen LogP contribution in [0.3, 0.4) is 0 Å². The molecular weight excluding hydrogens is 815 g/mol. The van der Waals surface area contributed by atoms with Gasteiger partial charge in [0.2, 0.25) is 35.4 Å². The Hall–Kier alpha value is -5.80. The maximum absolute atomic E-state index is 14.3. The average Bonchev–Trinajstić information content (AvgIpc) is 3.59. The summed E-state index contributed by atoms with van der Waals surface area (Å²) in [6, 6.07) is 7.72. The largest absolute Gasteiger partial charge is 0.480 e. The van der Waals surface area contributed by atoms with Crippen LogP contribution in [-0.4, -0.2) is 111 Å². The molecule has 3 rings (SSSR count). The summed E-state index contributed by atoms with van der Waals surface area (Å²) in [7, 11) is 0. The number of hydrogen-bond donors (Lipinski definition) is 13. The summed E-state index contributed by atoms with van der Waals surface area (Å²) in [5.41, 5.74) is 24.3. The summed E-state index contributed by atoms with van der Waals surface area (Å²) in [4.78, 5) is 100. The molecule has 6 atom stereocenters. The van der Waals surface area contributed by atoms with Crippen molar-refractivity contribution in [2.75, 3.05) is 12.3 Å². The number of para-hydroxylation sites is 1. The van der Waals surface area contributed by atoms with Crippen LogP contribution < -0.4 is 49.5 Å². The molecule has 19 nitrogen and oxygen atoms in total. The van der Waals surface area contributed by atoms with Gasteiger partial charge in [-0.15, -0.1) is 0 Å². The van der Waals surface area contributed by atoms with Gasteiger partial charge in [-0.1, -0.05) is 48.5 Å². The fraction of sp³-hybridized carbons (Fsp3) is 0.436. The number of aliphatic carboxylic acids is 1. The number of thiol groups is 2. The first-order valence-electron chi connectivity index (χ1n) is 19.1. The Bertz CT molecular complexity index is 2000. The second-order valence-corrected chi connectivity index (χ2v) is 16.3. The minimum Gasteiger partial charge on any atom is -0.480 e. The molecule has 0 radical (unpaired) electrons. The molecule has 1 aromatic heterocycles. The number of aliphatic imine (C=N–C) groups is 1. The van der Waals surface area contributed by atoms with Crippen LogP contribution in [0.2, 0.25) is 0 Å². The number of carboxylic acid groups (broad SMARTS) is 1. The number of guanidine groups is 1. The lowest BCUT2D eigenvalue weighted by Crippen LogP contribution is -2.61. The zero-order valence-electron chi connectivity index (χ0n) is 33.4. The third kappa shape index (κ3) is 15.4. The second kappa shape index (κ2) is 23.1. The summed E-state index contributed by atoms with van der Waals surface area (Å²) in [5, 5.41) is 23.5. The highest BCUT2D eigenvalue weighted by Crippen LogP contribution is 2.21. The molecule has 6 amide bonds. The van der Waals surface area contributed by atoms with E-state index >= 15 is 0 Å². The van der Waals surface area contributed by atoms with Crippen LogP contribution in [-0.2, 0) is 46.4 Å². The number of H-pyrrole nitrogens is 1. The van der Waals surface area contributed by atoms with Gasteiger partial charge in [-0.2, -0.15) is 25.3 Å². The fourth-order valence-corrected chi connectivity index (χ4v) is 6.57. The molecule has 15 N–H and O–H groups in total. The van der Waals surface area contributed by atoms with Gasteiger partial charge in [0.15, 0.2) is 5.96 Å². The van der Waals surface area contributed by atoms with E-state index in [4.69, 9.17) is 22.9 Å². The lowest BCUT2D eigenvalue weighted by atomic mass is 10.00. The molecular formula is C39H55N11O8S2. The van der Waals surface area contributed by atoms with Crippen LogP contribution in [0, 0.1) is 0 Å². The van der Waals surface area contributed by atoms with Gasteiger partial charge < -0.3 is 59.6 Å². The van der Waals surface area contributed by atoms with Crippen molar-refractivity contribution in [3.8, 4) is 0 Å². The monoisotopic (exact) mass is 869 g/mol. The number of benzene rings is 2. The van der Waals surface area contributed by atoms with Gasteiger partial charge in [0, 0.05) is 41.2 Å². The number of hydrogen-bond acceptors (Lipinski definition) is 11. The van der Waals surface area contributed by atoms with Crippen molar-refractivity contribution < 1.29 is 38.7 Å². The molecule has 3 aromatic rings. The molecule has 326 valence electrons. The molecule has 0 fully saturated rings. The van der Waals surface area contributed by atoms with Gasteiger partial charge in [0.05, 0.1) is 12.5 Å². The predicted octanol–water partition coefficient (Wildman–Crippen LogP) is -1.25. The van der Waals surface area contributed by atoms with Crippen molar-refractivity contribution >= 4 is 83.5 Å². The highest BCUT2D eigenvalue weighted by Gasteiger charge is 2.37. The highest BCUT2D eigenvalue weighted by molar-refractivity contribution is 7.81. The number of carboxylic acids is 1. The molecule has 0 saturated heterocycles. The first-order valence-corrected chi connectivity index (χ1v) is 20.1. The number of rotatable bonds is 24. The lowest BCUT2D eigenvalue weighted by molar-refractivity contribution is -0.143. The van der Waals surface area contributed by atoms with Crippen molar-refractivity contribution in [1.82, 2.24) is 31.6 Å². The van der Waals surface area contributed by atoms with E-state index in [1.165, 1.54) is 13.8 Å². The molecule has 0 aliphatic rings. The molecule has 21 heteroatoms. The summed E-state index contributed by atoms with van der Waals surface area (Å²) in [6.07, 6.45) is 1.14. The second-order valence-electron chi connectivity index (χ2n) is 14.7. The van der Waals surface area contributed by atoms with E-state index in [-0.39, 0.29) is 50.4 Å². The van der Waals surface area contributed by atoms with Crippen molar-refractivity contribution in [1.29, 1.82) is 0 Å². The molecule has 0 spiro atoms. The van der Waals surface area contributed by atoms with Gasteiger partial charge in [-0.3, -0.25) is 33.8 Å². The van der Waals surface area contributed by atoms with Gasteiger partial charge in [0.25, 0.3) is 0 Å². The minimum absolute atomic E-state index is 0.0621. The topological polar surface area (TPSA) is 332 Å². The van der Waals surface area contributed by atoms with Crippen molar-refractivity contribution in [2.45, 2.75) is 93.4 Å². The molecule has 1 heterocycles. The number of nitrogens with one attached hydrogen (secondary N) is 6. The van der Waals surface area contributed by atoms with E-state index in [1.807, 2.05) is 18.2 Å². The first kappa shape index (κ1) is 48.6. The Morgan fingerprint density at radius 1 is 0.750 bits per heavy atom. The summed E-state index contributed by atoms with van der Waals surface area (Å²) < 4.78 is -1.21. The van der Waals surface area contributed by atoms with Crippen molar-refractivity contribution in [3.63, 3.8) is 0 Å². The number of fused-ring (bicyclic) bond motifs is 1. The Morgan fingerprint density at radius 2 is 1.30 bits per heavy atom. The van der Waals surface area contributed by atoms with Crippen LogP contribution in [0.4, 0.5) is 0 Å². The van der Waals surface area contributed by atoms with Crippen LogP contribution in [0.5, 0.6) is 0 Å². The van der Waals surface area contributed by atoms with E-state index in [0.717, 1.165) is 10.9 Å². The highest BCUT2D eigenvalue weighted by atomic mass is 32.1. The van der Waals surface area contributed by atoms with E-state index in [2.05, 4.69) is 61.8 Å². The van der Waals surface area contributed by atoms with E-state index in [0.29, 0.717) is 11.1 Å². The molecule has 60 heavy (non-hydrogen) atoms. The molecule has 0 bridgehead atoms. The maximum Gasteiger partial charge on any atom is 0.327 e. The van der Waals surface area contributed by atoms with Gasteiger partial charge in [-0.25, -0.2) is 4.79 Å². The lowest BCUT2D eigenvalue weighted by Gasteiger charge is -2.30. The average molecular weight is 870 g/mol. The Balaban J connectivity index is 1.99. The predicted molar refractivity (Wildman–Crippen MR) is 233 cm³/mol. The van der Waals surface area contributed by atoms with E-state index in [1.54, 1.807) is 42.6 Å². The van der Waals surface area contributed by atoms with Gasteiger partial charge >= 0.3 is 5.97 Å². The maximum atomic E-state index is 14.3. The third-order valence-electron chi connectivity index (χ3n) is 9.28. The summed E-state index contributed by atoms with van der Waals surface area (Å²) in [5.74, 6) is -6.38. The number of nitrogens with two attached hydrogens (primary N) is 4. The van der Waals surface area contributed by atoms with Gasteiger partial charge in [-0.05, 0) is 56.1 Å². The molecule has 0 aliphatic carbocycles. The summed E-state index contributed by atoms with van der Waals surface area (Å²) >= 11 is 8.44. The number of primary amides is 1. The SMILES string of the molecule is CC(C)(S)[C@H](NC(=O)[C@H](Cc1c[nH]c2ccccc12)NC(=O)[C@H](CCCN=C(N)N)NC(=O)[C@@H](Cc1ccccc1)NC(=O)[C@H](CC(N)=O)NC(=O)[C@@H](N)CCS)C(=O)O. The minimum atomic E-state index is -1.51. The third-order valence-corrected chi connectivity index (χ3v) is 9.80. The van der Waals surface area contributed by atoms with E-state index < -0.39 is 88.8 Å². The van der Waals surface area contributed by atoms with Gasteiger partial charge in [0.1, 0.15) is 30.2 Å². The molecule has 2 aromatic carbocycles. The first-order chi connectivity index (χ1) is 28.3. The van der Waals surface area contributed by atoms with Crippen LogP contribution >= 0.6 is 25.3 Å². The van der Waals surface area contributed by atoms with Crippen LogP contribution in [0.25, 0.3) is 10.9 Å². The Labute approximate surface area is 358 Å². The molecule has 0 saturated carbocycles. The normalized spacial score (nSPS) is 14.3. The van der Waals surface area contributed by atoms with E-state index in [9.17, 15) is 38.7 Å². The molecule has 0 aliphatic heterocycles. The number of aromatic amines is 1.